The number of amides is 1. The van der Waals surface area contributed by atoms with Gasteiger partial charge in [0.05, 0.1) is 0 Å². The molecule has 1 aliphatic heterocycles. The van der Waals surface area contributed by atoms with Gasteiger partial charge in [-0.25, -0.2) is 4.79 Å². The summed E-state index contributed by atoms with van der Waals surface area (Å²) < 4.78 is 17.4. The first-order valence-electron chi connectivity index (χ1n) is 9.46. The Hall–Kier alpha value is -3.06. The molecule has 0 saturated carbocycles. The molecule has 0 spiro atoms. The largest absolute Gasteiger partial charge is 0.486 e. The standard InChI is InChI=1S/C22H21NO5S/c1-2-23(13-15-7-8-17-18(11-15)27-10-9-26-17)21(24)14-28-22(25)20-12-16-5-3-4-6-19(16)29-20/h3-8,11-12H,2,9-10,13-14H2,1H3. The molecule has 0 bridgehead atoms. The van der Waals surface area contributed by atoms with E-state index in [0.717, 1.165) is 15.6 Å². The minimum Gasteiger partial charge on any atom is -0.486 e. The summed E-state index contributed by atoms with van der Waals surface area (Å²) in [5.41, 5.74) is 0.931. The van der Waals surface area contributed by atoms with Gasteiger partial charge < -0.3 is 19.1 Å². The van der Waals surface area contributed by atoms with Crippen molar-refractivity contribution in [3.63, 3.8) is 0 Å². The maximum absolute atomic E-state index is 12.6. The Bertz CT molecular complexity index is 1010. The molecule has 0 saturated heterocycles. The van der Waals surface area contributed by atoms with E-state index in [1.807, 2.05) is 49.4 Å². The van der Waals surface area contributed by atoms with E-state index in [1.54, 1.807) is 11.0 Å². The number of fused-ring (bicyclic) bond motifs is 2. The van der Waals surface area contributed by atoms with Crippen molar-refractivity contribution in [2.75, 3.05) is 26.4 Å². The van der Waals surface area contributed by atoms with Gasteiger partial charge in [-0.15, -0.1) is 11.3 Å². The lowest BCUT2D eigenvalue weighted by molar-refractivity contribution is -0.134. The summed E-state index contributed by atoms with van der Waals surface area (Å²) in [4.78, 5) is 27.0. The number of thiophene rings is 1. The van der Waals surface area contributed by atoms with Gasteiger partial charge in [-0.1, -0.05) is 24.3 Å². The topological polar surface area (TPSA) is 65.1 Å². The second-order valence-corrected chi connectivity index (χ2v) is 7.69. The molecule has 1 aromatic heterocycles. The summed E-state index contributed by atoms with van der Waals surface area (Å²) in [6, 6.07) is 15.2. The van der Waals surface area contributed by atoms with Crippen LogP contribution in [0.25, 0.3) is 10.1 Å². The van der Waals surface area contributed by atoms with Crippen LogP contribution in [0.5, 0.6) is 11.5 Å². The summed E-state index contributed by atoms with van der Waals surface area (Å²) in [6.07, 6.45) is 0. The molecule has 2 aromatic carbocycles. The molecule has 6 nitrogen and oxygen atoms in total. The first-order chi connectivity index (χ1) is 14.1. The normalized spacial score (nSPS) is 12.6. The monoisotopic (exact) mass is 411 g/mol. The Balaban J connectivity index is 1.36. The third kappa shape index (κ3) is 4.35. The number of nitrogens with zero attached hydrogens (tertiary/aromatic N) is 1. The molecule has 150 valence electrons. The predicted octanol–water partition coefficient (Wildman–Crippen LogP) is 3.88. The fourth-order valence-electron chi connectivity index (χ4n) is 3.16. The number of carbonyl (C=O) groups is 2. The molecule has 3 aromatic rings. The van der Waals surface area contributed by atoms with Crippen LogP contribution in [0.2, 0.25) is 0 Å². The van der Waals surface area contributed by atoms with Gasteiger partial charge in [0.1, 0.15) is 18.1 Å². The van der Waals surface area contributed by atoms with E-state index >= 15 is 0 Å². The number of hydrogen-bond acceptors (Lipinski definition) is 6. The number of ether oxygens (including phenoxy) is 3. The second-order valence-electron chi connectivity index (χ2n) is 6.61. The first kappa shape index (κ1) is 19.3. The third-order valence-electron chi connectivity index (χ3n) is 4.67. The van der Waals surface area contributed by atoms with Crippen LogP contribution in [-0.4, -0.2) is 43.1 Å². The van der Waals surface area contributed by atoms with Gasteiger partial charge in [0, 0.05) is 17.8 Å². The Labute approximate surface area is 172 Å². The molecule has 29 heavy (non-hydrogen) atoms. The van der Waals surface area contributed by atoms with E-state index in [1.165, 1.54) is 11.3 Å². The molecular formula is C22H21NO5S. The van der Waals surface area contributed by atoms with Crippen molar-refractivity contribution in [1.82, 2.24) is 4.90 Å². The molecule has 1 amide bonds. The lowest BCUT2D eigenvalue weighted by atomic mass is 10.1. The van der Waals surface area contributed by atoms with E-state index in [2.05, 4.69) is 0 Å². The Morgan fingerprint density at radius 1 is 1.07 bits per heavy atom. The number of likely N-dealkylation sites (N-methyl/N-ethyl adjacent to an activating group) is 1. The van der Waals surface area contributed by atoms with Crippen LogP contribution >= 0.6 is 11.3 Å². The highest BCUT2D eigenvalue weighted by atomic mass is 32.1. The molecule has 0 aliphatic carbocycles. The van der Waals surface area contributed by atoms with Crippen molar-refractivity contribution in [2.24, 2.45) is 0 Å². The molecule has 2 heterocycles. The average molecular weight is 411 g/mol. The van der Waals surface area contributed by atoms with E-state index in [-0.39, 0.29) is 12.5 Å². The van der Waals surface area contributed by atoms with Crippen molar-refractivity contribution < 1.29 is 23.8 Å². The minimum absolute atomic E-state index is 0.239. The maximum atomic E-state index is 12.6. The molecule has 0 radical (unpaired) electrons. The minimum atomic E-state index is -0.477. The lowest BCUT2D eigenvalue weighted by Gasteiger charge is -2.23. The van der Waals surface area contributed by atoms with Gasteiger partial charge >= 0.3 is 5.97 Å². The summed E-state index contributed by atoms with van der Waals surface area (Å²) in [7, 11) is 0. The van der Waals surface area contributed by atoms with Gasteiger partial charge in [0.25, 0.3) is 5.91 Å². The molecule has 7 heteroatoms. The van der Waals surface area contributed by atoms with Crippen LogP contribution in [0.15, 0.2) is 48.5 Å². The third-order valence-corrected chi connectivity index (χ3v) is 5.76. The van der Waals surface area contributed by atoms with Crippen molar-refractivity contribution in [2.45, 2.75) is 13.5 Å². The van der Waals surface area contributed by atoms with Crippen LogP contribution in [0.1, 0.15) is 22.2 Å². The van der Waals surface area contributed by atoms with Crippen molar-refractivity contribution in [3.05, 3.63) is 59.0 Å². The van der Waals surface area contributed by atoms with Gasteiger partial charge in [-0.2, -0.15) is 0 Å². The number of benzene rings is 2. The zero-order chi connectivity index (χ0) is 20.2. The fourth-order valence-corrected chi connectivity index (χ4v) is 4.11. The van der Waals surface area contributed by atoms with E-state index in [4.69, 9.17) is 14.2 Å². The number of esters is 1. The number of rotatable bonds is 6. The van der Waals surface area contributed by atoms with Gasteiger partial charge in [-0.3, -0.25) is 4.79 Å². The van der Waals surface area contributed by atoms with Gasteiger partial charge in [-0.05, 0) is 42.1 Å². The molecular weight excluding hydrogens is 390 g/mol. The number of carbonyl (C=O) groups excluding carboxylic acids is 2. The summed E-state index contributed by atoms with van der Waals surface area (Å²) in [5, 5.41) is 0.990. The number of hydrogen-bond donors (Lipinski definition) is 0. The zero-order valence-electron chi connectivity index (χ0n) is 16.1. The SMILES string of the molecule is CCN(Cc1ccc2c(c1)OCCO2)C(=O)COC(=O)c1cc2ccccc2s1. The Kier molecular flexibility index (Phi) is 5.67. The highest BCUT2D eigenvalue weighted by molar-refractivity contribution is 7.20. The first-order valence-corrected chi connectivity index (χ1v) is 10.3. The summed E-state index contributed by atoms with van der Waals surface area (Å²) >= 11 is 1.36. The average Bonchev–Trinajstić information content (AvgIpc) is 3.20. The molecule has 4 rings (SSSR count). The zero-order valence-corrected chi connectivity index (χ0v) is 16.9. The van der Waals surface area contributed by atoms with Crippen LogP contribution in [0.4, 0.5) is 0 Å². The van der Waals surface area contributed by atoms with Crippen molar-refractivity contribution in [1.29, 1.82) is 0 Å². The van der Waals surface area contributed by atoms with Crippen LogP contribution in [-0.2, 0) is 16.1 Å². The molecule has 0 fully saturated rings. The van der Waals surface area contributed by atoms with E-state index in [0.29, 0.717) is 42.7 Å². The van der Waals surface area contributed by atoms with Crippen molar-refractivity contribution >= 4 is 33.3 Å². The Morgan fingerprint density at radius 2 is 1.86 bits per heavy atom. The van der Waals surface area contributed by atoms with Crippen LogP contribution < -0.4 is 9.47 Å². The second kappa shape index (κ2) is 8.53. The predicted molar refractivity (Wildman–Crippen MR) is 111 cm³/mol. The highest BCUT2D eigenvalue weighted by Crippen LogP contribution is 2.31. The molecule has 0 unspecified atom stereocenters. The van der Waals surface area contributed by atoms with Crippen LogP contribution in [0, 0.1) is 0 Å². The van der Waals surface area contributed by atoms with Gasteiger partial charge in [0.15, 0.2) is 18.1 Å². The Morgan fingerprint density at radius 3 is 2.66 bits per heavy atom. The van der Waals surface area contributed by atoms with Gasteiger partial charge in [0.2, 0.25) is 0 Å². The smallest absolute Gasteiger partial charge is 0.348 e. The molecule has 0 atom stereocenters. The lowest BCUT2D eigenvalue weighted by Crippen LogP contribution is -2.34. The summed E-state index contributed by atoms with van der Waals surface area (Å²) in [6.45, 7) is 3.58. The van der Waals surface area contributed by atoms with E-state index < -0.39 is 5.97 Å². The van der Waals surface area contributed by atoms with Crippen molar-refractivity contribution in [3.8, 4) is 11.5 Å². The quantitative estimate of drug-likeness (QED) is 0.576. The molecule has 1 aliphatic rings. The van der Waals surface area contributed by atoms with E-state index in [9.17, 15) is 9.59 Å². The highest BCUT2D eigenvalue weighted by Gasteiger charge is 2.18. The van der Waals surface area contributed by atoms with Crippen LogP contribution in [0.3, 0.4) is 0 Å². The summed E-state index contributed by atoms with van der Waals surface area (Å²) in [5.74, 6) is 0.687. The fraction of sp³-hybridized carbons (Fsp3) is 0.273. The molecule has 0 N–H and O–H groups in total. The maximum Gasteiger partial charge on any atom is 0.348 e.